The fraction of sp³-hybridized carbons (Fsp3) is 0.333. The lowest BCUT2D eigenvalue weighted by atomic mass is 10.0. The third-order valence-corrected chi connectivity index (χ3v) is 3.35. The molecule has 0 fully saturated rings. The van der Waals surface area contributed by atoms with Gasteiger partial charge in [0, 0.05) is 11.6 Å². The van der Waals surface area contributed by atoms with Crippen molar-refractivity contribution in [1.82, 2.24) is 5.32 Å². The van der Waals surface area contributed by atoms with E-state index in [-0.39, 0.29) is 17.2 Å². The van der Waals surface area contributed by atoms with Crippen molar-refractivity contribution < 1.29 is 14.3 Å². The first-order valence-electron chi connectivity index (χ1n) is 5.36. The first-order valence-corrected chi connectivity index (χ1v) is 6.53. The molecule has 2 amide bonds. The summed E-state index contributed by atoms with van der Waals surface area (Å²) in [6.07, 6.45) is 0. The highest BCUT2D eigenvalue weighted by Crippen LogP contribution is 2.21. The molecule has 1 atom stereocenters. The first kappa shape index (κ1) is 15.9. The summed E-state index contributed by atoms with van der Waals surface area (Å²) in [4.78, 5) is 23.5. The zero-order valence-corrected chi connectivity index (χ0v) is 12.8. The van der Waals surface area contributed by atoms with Gasteiger partial charge in [-0.3, -0.25) is 9.59 Å². The molecule has 1 aromatic rings. The van der Waals surface area contributed by atoms with Crippen molar-refractivity contribution in [2.24, 2.45) is 5.73 Å². The molecule has 1 unspecified atom stereocenters. The summed E-state index contributed by atoms with van der Waals surface area (Å²) >= 11 is 9.22. The molecule has 0 aliphatic carbocycles. The summed E-state index contributed by atoms with van der Waals surface area (Å²) in [6, 6.07) is 4.82. The molecular weight excluding hydrogens is 336 g/mol. The predicted octanol–water partition coefficient (Wildman–Crippen LogP) is 1.72. The summed E-state index contributed by atoms with van der Waals surface area (Å²) in [6.45, 7) is 1.46. The van der Waals surface area contributed by atoms with E-state index in [4.69, 9.17) is 22.1 Å². The van der Waals surface area contributed by atoms with Crippen LogP contribution in [0, 0.1) is 0 Å². The molecule has 0 spiro atoms. The molecule has 0 saturated carbocycles. The molecule has 104 valence electrons. The minimum absolute atomic E-state index is 0.0256. The maximum atomic E-state index is 12.1. The second-order valence-corrected chi connectivity index (χ2v) is 5.53. The summed E-state index contributed by atoms with van der Waals surface area (Å²) in [5, 5.41) is 2.81. The minimum Gasteiger partial charge on any atom is -0.382 e. The number of methoxy groups -OCH3 is 1. The lowest BCUT2D eigenvalue weighted by Crippen LogP contribution is -2.58. The van der Waals surface area contributed by atoms with E-state index in [0.717, 1.165) is 4.47 Å². The Morgan fingerprint density at radius 1 is 1.53 bits per heavy atom. The Bertz CT molecular complexity index is 510. The second-order valence-electron chi connectivity index (χ2n) is 4.21. The van der Waals surface area contributed by atoms with E-state index < -0.39 is 17.4 Å². The van der Waals surface area contributed by atoms with Crippen molar-refractivity contribution >= 4 is 39.3 Å². The standard InChI is InChI=1S/C12H14BrClN2O3/c1-12(6-19-2,11(15)18)16-10(17)8-4-3-7(13)5-9(8)14/h3-5H,6H2,1-2H3,(H2,15,18)(H,16,17). The fourth-order valence-electron chi connectivity index (χ4n) is 1.45. The smallest absolute Gasteiger partial charge is 0.253 e. The van der Waals surface area contributed by atoms with Gasteiger partial charge in [-0.05, 0) is 25.1 Å². The summed E-state index contributed by atoms with van der Waals surface area (Å²) in [5.41, 5.74) is 4.24. The predicted molar refractivity (Wildman–Crippen MR) is 76.1 cm³/mol. The van der Waals surface area contributed by atoms with Crippen LogP contribution in [0.15, 0.2) is 22.7 Å². The summed E-state index contributed by atoms with van der Waals surface area (Å²) in [5.74, 6) is -1.17. The Kier molecular flexibility index (Phi) is 5.34. The van der Waals surface area contributed by atoms with Crippen molar-refractivity contribution in [3.05, 3.63) is 33.3 Å². The Labute approximate surface area is 124 Å². The topological polar surface area (TPSA) is 81.4 Å². The van der Waals surface area contributed by atoms with Crippen LogP contribution in [-0.4, -0.2) is 31.1 Å². The maximum absolute atomic E-state index is 12.1. The van der Waals surface area contributed by atoms with Crippen LogP contribution in [0.2, 0.25) is 5.02 Å². The van der Waals surface area contributed by atoms with Crippen LogP contribution in [0.4, 0.5) is 0 Å². The van der Waals surface area contributed by atoms with Gasteiger partial charge >= 0.3 is 0 Å². The van der Waals surface area contributed by atoms with Crippen molar-refractivity contribution in [3.63, 3.8) is 0 Å². The zero-order valence-electron chi connectivity index (χ0n) is 10.5. The highest BCUT2D eigenvalue weighted by atomic mass is 79.9. The summed E-state index contributed by atoms with van der Waals surface area (Å²) in [7, 11) is 1.42. The molecule has 0 heterocycles. The normalized spacial score (nSPS) is 13.7. The molecule has 0 radical (unpaired) electrons. The number of halogens is 2. The van der Waals surface area contributed by atoms with Gasteiger partial charge in [-0.1, -0.05) is 27.5 Å². The number of nitrogens with one attached hydrogen (secondary N) is 1. The van der Waals surface area contributed by atoms with Gasteiger partial charge in [0.2, 0.25) is 5.91 Å². The molecule has 0 bridgehead atoms. The molecule has 19 heavy (non-hydrogen) atoms. The van der Waals surface area contributed by atoms with Gasteiger partial charge in [-0.15, -0.1) is 0 Å². The summed E-state index contributed by atoms with van der Waals surface area (Å²) < 4.78 is 5.65. The van der Waals surface area contributed by atoms with Crippen molar-refractivity contribution in [2.75, 3.05) is 13.7 Å². The number of primary amides is 1. The quantitative estimate of drug-likeness (QED) is 0.849. The van der Waals surface area contributed by atoms with Crippen molar-refractivity contribution in [1.29, 1.82) is 0 Å². The molecular formula is C12H14BrClN2O3. The minimum atomic E-state index is -1.29. The highest BCUT2D eigenvalue weighted by Gasteiger charge is 2.33. The van der Waals surface area contributed by atoms with Crippen LogP contribution in [-0.2, 0) is 9.53 Å². The number of amides is 2. The third-order valence-electron chi connectivity index (χ3n) is 2.54. The van der Waals surface area contributed by atoms with E-state index >= 15 is 0 Å². The fourth-order valence-corrected chi connectivity index (χ4v) is 2.21. The van der Waals surface area contributed by atoms with Gasteiger partial charge in [-0.25, -0.2) is 0 Å². The Hall–Kier alpha value is -1.11. The van der Waals surface area contributed by atoms with Crippen molar-refractivity contribution in [3.8, 4) is 0 Å². The van der Waals surface area contributed by atoms with Crippen LogP contribution < -0.4 is 11.1 Å². The Morgan fingerprint density at radius 3 is 2.63 bits per heavy atom. The lowest BCUT2D eigenvalue weighted by molar-refractivity contribution is -0.125. The largest absolute Gasteiger partial charge is 0.382 e. The van der Waals surface area contributed by atoms with Gasteiger partial charge < -0.3 is 15.8 Å². The number of ether oxygens (including phenoxy) is 1. The van der Waals surface area contributed by atoms with Crippen LogP contribution in [0.5, 0.6) is 0 Å². The third kappa shape index (κ3) is 3.92. The molecule has 0 aliphatic rings. The van der Waals surface area contributed by atoms with E-state index in [9.17, 15) is 9.59 Å². The van der Waals surface area contributed by atoms with E-state index in [2.05, 4.69) is 21.2 Å². The molecule has 7 heteroatoms. The average molecular weight is 350 g/mol. The number of carbonyl (C=O) groups is 2. The molecule has 5 nitrogen and oxygen atoms in total. The number of benzene rings is 1. The monoisotopic (exact) mass is 348 g/mol. The Morgan fingerprint density at radius 2 is 2.16 bits per heavy atom. The molecule has 1 rings (SSSR count). The van der Waals surface area contributed by atoms with Crippen LogP contribution in [0.3, 0.4) is 0 Å². The van der Waals surface area contributed by atoms with E-state index in [1.54, 1.807) is 18.2 Å². The lowest BCUT2D eigenvalue weighted by Gasteiger charge is -2.26. The molecule has 0 aromatic heterocycles. The SMILES string of the molecule is COCC(C)(NC(=O)c1ccc(Br)cc1Cl)C(N)=O. The second kappa shape index (κ2) is 6.36. The Balaban J connectivity index is 2.97. The number of rotatable bonds is 5. The molecule has 0 aliphatic heterocycles. The first-order chi connectivity index (χ1) is 8.80. The van der Waals surface area contributed by atoms with Gasteiger partial charge in [0.25, 0.3) is 5.91 Å². The molecule has 0 saturated heterocycles. The number of nitrogens with two attached hydrogens (primary N) is 1. The average Bonchev–Trinajstić information content (AvgIpc) is 2.28. The number of hydrogen-bond donors (Lipinski definition) is 2. The van der Waals surface area contributed by atoms with E-state index in [0.29, 0.717) is 0 Å². The van der Waals surface area contributed by atoms with Crippen LogP contribution in [0.25, 0.3) is 0 Å². The van der Waals surface area contributed by atoms with E-state index in [1.807, 2.05) is 0 Å². The van der Waals surface area contributed by atoms with E-state index in [1.165, 1.54) is 14.0 Å². The van der Waals surface area contributed by atoms with Gasteiger partial charge in [0.1, 0.15) is 5.54 Å². The van der Waals surface area contributed by atoms with Gasteiger partial charge in [-0.2, -0.15) is 0 Å². The molecule has 1 aromatic carbocycles. The molecule has 3 N–H and O–H groups in total. The number of carbonyl (C=O) groups excluding carboxylic acids is 2. The van der Waals surface area contributed by atoms with Gasteiger partial charge in [0.15, 0.2) is 0 Å². The van der Waals surface area contributed by atoms with Crippen molar-refractivity contribution in [2.45, 2.75) is 12.5 Å². The van der Waals surface area contributed by atoms with Crippen LogP contribution >= 0.6 is 27.5 Å². The van der Waals surface area contributed by atoms with Crippen LogP contribution in [0.1, 0.15) is 17.3 Å². The maximum Gasteiger partial charge on any atom is 0.253 e. The van der Waals surface area contributed by atoms with Gasteiger partial charge in [0.05, 0.1) is 17.2 Å². The number of hydrogen-bond acceptors (Lipinski definition) is 3. The zero-order chi connectivity index (χ0) is 14.6. The highest BCUT2D eigenvalue weighted by molar-refractivity contribution is 9.10.